The van der Waals surface area contributed by atoms with Crippen LogP contribution in [-0.4, -0.2) is 56.0 Å². The van der Waals surface area contributed by atoms with Crippen molar-refractivity contribution < 1.29 is 4.79 Å². The Kier molecular flexibility index (Phi) is 6.49. The maximum absolute atomic E-state index is 11.0. The van der Waals surface area contributed by atoms with Crippen LogP contribution in [0.2, 0.25) is 0 Å². The maximum Gasteiger partial charge on any atom is 0.234 e. The second kappa shape index (κ2) is 6.79. The minimum atomic E-state index is -0.222. The molecule has 0 radical (unpaired) electrons. The van der Waals surface area contributed by atoms with Crippen molar-refractivity contribution in [2.45, 2.75) is 25.8 Å². The average molecular weight is 201 g/mol. The summed E-state index contributed by atoms with van der Waals surface area (Å²) in [5.74, 6) is -0.222. The highest BCUT2D eigenvalue weighted by Crippen LogP contribution is 2.01. The summed E-state index contributed by atoms with van der Waals surface area (Å²) in [6.07, 6.45) is 1.85. The molecule has 84 valence electrons. The number of rotatable bonds is 7. The van der Waals surface area contributed by atoms with Crippen molar-refractivity contribution in [3.63, 3.8) is 0 Å². The molecule has 0 aliphatic carbocycles. The molecule has 2 N–H and O–H groups in total. The van der Waals surface area contributed by atoms with E-state index >= 15 is 0 Å². The summed E-state index contributed by atoms with van der Waals surface area (Å²) in [5, 5.41) is 0. The summed E-state index contributed by atoms with van der Waals surface area (Å²) in [6, 6.07) is -0.114. The van der Waals surface area contributed by atoms with E-state index in [4.69, 9.17) is 5.73 Å². The zero-order chi connectivity index (χ0) is 11.1. The van der Waals surface area contributed by atoms with Crippen LogP contribution in [0.25, 0.3) is 0 Å². The van der Waals surface area contributed by atoms with E-state index < -0.39 is 0 Å². The molecule has 1 amide bonds. The molecule has 1 unspecified atom stereocenters. The highest BCUT2D eigenvalue weighted by atomic mass is 16.1. The van der Waals surface area contributed by atoms with Gasteiger partial charge in [0.05, 0.1) is 6.04 Å². The van der Waals surface area contributed by atoms with Crippen molar-refractivity contribution in [3.05, 3.63) is 0 Å². The lowest BCUT2D eigenvalue weighted by molar-refractivity contribution is -0.122. The normalized spacial score (nSPS) is 13.6. The summed E-state index contributed by atoms with van der Waals surface area (Å²) >= 11 is 0. The zero-order valence-corrected chi connectivity index (χ0v) is 9.79. The molecule has 0 aromatic rings. The summed E-state index contributed by atoms with van der Waals surface area (Å²) in [5.41, 5.74) is 5.29. The Morgan fingerprint density at radius 2 is 1.86 bits per heavy atom. The number of amides is 1. The second-order valence-electron chi connectivity index (χ2n) is 3.96. The molecule has 0 fully saturated rings. The Balaban J connectivity index is 3.81. The van der Waals surface area contributed by atoms with Crippen molar-refractivity contribution in [2.75, 3.05) is 34.2 Å². The largest absolute Gasteiger partial charge is 0.368 e. The number of carbonyl (C=O) groups excluding carboxylic acids is 1. The molecular formula is C10H23N3O. The van der Waals surface area contributed by atoms with Crippen LogP contribution in [0.3, 0.4) is 0 Å². The fourth-order valence-electron chi connectivity index (χ4n) is 1.52. The monoisotopic (exact) mass is 201 g/mol. The maximum atomic E-state index is 11.0. The molecule has 4 heteroatoms. The van der Waals surface area contributed by atoms with E-state index in [-0.39, 0.29) is 11.9 Å². The van der Waals surface area contributed by atoms with Crippen LogP contribution in [0.1, 0.15) is 19.8 Å². The Hall–Kier alpha value is -0.610. The van der Waals surface area contributed by atoms with Gasteiger partial charge in [0, 0.05) is 0 Å². The van der Waals surface area contributed by atoms with E-state index in [1.54, 1.807) is 0 Å². The fraction of sp³-hybridized carbons (Fsp3) is 0.900. The van der Waals surface area contributed by atoms with Crippen LogP contribution in [0.15, 0.2) is 0 Å². The number of hydrogen-bond donors (Lipinski definition) is 1. The second-order valence-corrected chi connectivity index (χ2v) is 3.96. The summed E-state index contributed by atoms with van der Waals surface area (Å²) < 4.78 is 0. The molecule has 14 heavy (non-hydrogen) atoms. The van der Waals surface area contributed by atoms with Gasteiger partial charge in [-0.2, -0.15) is 0 Å². The molecule has 0 heterocycles. The third-order valence-corrected chi connectivity index (χ3v) is 2.36. The van der Waals surface area contributed by atoms with Crippen molar-refractivity contribution in [1.29, 1.82) is 0 Å². The van der Waals surface area contributed by atoms with Crippen LogP contribution >= 0.6 is 0 Å². The molecule has 0 rings (SSSR count). The van der Waals surface area contributed by atoms with E-state index in [0.29, 0.717) is 0 Å². The Morgan fingerprint density at radius 1 is 1.29 bits per heavy atom. The molecule has 0 spiro atoms. The molecule has 1 atom stereocenters. The van der Waals surface area contributed by atoms with Gasteiger partial charge in [-0.25, -0.2) is 0 Å². The first-order chi connectivity index (χ1) is 6.49. The van der Waals surface area contributed by atoms with Crippen LogP contribution < -0.4 is 5.73 Å². The van der Waals surface area contributed by atoms with Crippen molar-refractivity contribution in [1.82, 2.24) is 9.80 Å². The molecule has 4 nitrogen and oxygen atoms in total. The van der Waals surface area contributed by atoms with Crippen LogP contribution in [0, 0.1) is 0 Å². The van der Waals surface area contributed by atoms with Gasteiger partial charge in [-0.15, -0.1) is 0 Å². The van der Waals surface area contributed by atoms with E-state index in [9.17, 15) is 4.79 Å². The predicted octanol–water partition coefficient (Wildman–Crippen LogP) is 0.134. The quantitative estimate of drug-likeness (QED) is 0.637. The lowest BCUT2D eigenvalue weighted by atomic mass is 10.2. The highest BCUT2D eigenvalue weighted by molar-refractivity contribution is 5.79. The Bertz CT molecular complexity index is 171. The minimum Gasteiger partial charge on any atom is -0.368 e. The lowest BCUT2D eigenvalue weighted by Crippen LogP contribution is -2.42. The first-order valence-corrected chi connectivity index (χ1v) is 5.13. The van der Waals surface area contributed by atoms with Gasteiger partial charge in [0.25, 0.3) is 0 Å². The van der Waals surface area contributed by atoms with Crippen molar-refractivity contribution >= 4 is 5.91 Å². The number of likely N-dealkylation sites (N-methyl/N-ethyl adjacent to an activating group) is 1. The molecule has 0 saturated heterocycles. The molecule has 0 aromatic heterocycles. The van der Waals surface area contributed by atoms with Gasteiger partial charge in [-0.3, -0.25) is 9.69 Å². The number of hydrogen-bond acceptors (Lipinski definition) is 3. The first kappa shape index (κ1) is 13.4. The van der Waals surface area contributed by atoms with E-state index in [2.05, 4.69) is 4.90 Å². The molecule has 0 bridgehead atoms. The third-order valence-electron chi connectivity index (χ3n) is 2.36. The molecule has 0 aliphatic heterocycles. The van der Waals surface area contributed by atoms with Gasteiger partial charge in [-0.1, -0.05) is 6.92 Å². The standard InChI is InChI=1S/C10H23N3O/c1-5-9(10(11)14)13(4)8-6-7-12(2)3/h9H,5-8H2,1-4H3,(H2,11,14). The van der Waals surface area contributed by atoms with Gasteiger partial charge in [-0.05, 0) is 47.1 Å². The van der Waals surface area contributed by atoms with Gasteiger partial charge in [0.2, 0.25) is 5.91 Å². The predicted molar refractivity (Wildman–Crippen MR) is 59.1 cm³/mol. The Morgan fingerprint density at radius 3 is 2.21 bits per heavy atom. The van der Waals surface area contributed by atoms with E-state index in [1.807, 2.05) is 33.0 Å². The van der Waals surface area contributed by atoms with Gasteiger partial charge >= 0.3 is 0 Å². The highest BCUT2D eigenvalue weighted by Gasteiger charge is 2.17. The van der Waals surface area contributed by atoms with Crippen LogP contribution in [0.4, 0.5) is 0 Å². The number of nitrogens with zero attached hydrogens (tertiary/aromatic N) is 2. The summed E-state index contributed by atoms with van der Waals surface area (Å²) in [4.78, 5) is 15.2. The summed E-state index contributed by atoms with van der Waals surface area (Å²) in [7, 11) is 6.05. The molecular weight excluding hydrogens is 178 g/mol. The van der Waals surface area contributed by atoms with Crippen LogP contribution in [0.5, 0.6) is 0 Å². The lowest BCUT2D eigenvalue weighted by Gasteiger charge is -2.24. The number of primary amides is 1. The zero-order valence-electron chi connectivity index (χ0n) is 9.79. The number of carbonyl (C=O) groups is 1. The van der Waals surface area contributed by atoms with Gasteiger partial charge < -0.3 is 10.6 Å². The fourth-order valence-corrected chi connectivity index (χ4v) is 1.52. The smallest absolute Gasteiger partial charge is 0.234 e. The average Bonchev–Trinajstić information content (AvgIpc) is 2.03. The third kappa shape index (κ3) is 5.19. The first-order valence-electron chi connectivity index (χ1n) is 5.13. The van der Waals surface area contributed by atoms with Crippen molar-refractivity contribution in [2.24, 2.45) is 5.73 Å². The molecule has 0 aliphatic rings. The van der Waals surface area contributed by atoms with Gasteiger partial charge in [0.1, 0.15) is 0 Å². The van der Waals surface area contributed by atoms with Gasteiger partial charge in [0.15, 0.2) is 0 Å². The SMILES string of the molecule is CCC(C(N)=O)N(C)CCCN(C)C. The van der Waals surface area contributed by atoms with Crippen LogP contribution in [-0.2, 0) is 4.79 Å². The van der Waals surface area contributed by atoms with Crippen molar-refractivity contribution in [3.8, 4) is 0 Å². The van der Waals surface area contributed by atoms with E-state index in [1.165, 1.54) is 0 Å². The Labute approximate surface area is 87.0 Å². The minimum absolute atomic E-state index is 0.114. The number of nitrogens with two attached hydrogens (primary N) is 1. The molecule has 0 aromatic carbocycles. The topological polar surface area (TPSA) is 49.6 Å². The molecule has 0 saturated carbocycles. The summed E-state index contributed by atoms with van der Waals surface area (Å²) in [6.45, 7) is 3.94. The van der Waals surface area contributed by atoms with E-state index in [0.717, 1.165) is 25.9 Å².